The number of aryl methyl sites for hydroxylation is 3. The molecule has 0 aliphatic carbocycles. The second-order valence-corrected chi connectivity index (χ2v) is 8.29. The summed E-state index contributed by atoms with van der Waals surface area (Å²) >= 11 is 0. The van der Waals surface area contributed by atoms with E-state index < -0.39 is 0 Å². The third-order valence-corrected chi connectivity index (χ3v) is 6.03. The number of carbonyl (C=O) groups excluding carboxylic acids is 1. The number of aromatic nitrogens is 5. The number of hydrogen-bond donors (Lipinski definition) is 1. The molecule has 1 aliphatic heterocycles. The summed E-state index contributed by atoms with van der Waals surface area (Å²) in [5.41, 5.74) is 6.82. The summed E-state index contributed by atoms with van der Waals surface area (Å²) in [7, 11) is 1.63. The zero-order chi connectivity index (χ0) is 23.1. The summed E-state index contributed by atoms with van der Waals surface area (Å²) < 4.78 is 6.81. The van der Waals surface area contributed by atoms with Gasteiger partial charge in [-0.05, 0) is 56.2 Å². The average molecular weight is 441 g/mol. The van der Waals surface area contributed by atoms with E-state index >= 15 is 0 Å². The number of anilines is 1. The maximum atomic E-state index is 12.7. The maximum absolute atomic E-state index is 12.7. The van der Waals surface area contributed by atoms with E-state index in [4.69, 9.17) is 9.84 Å². The molecule has 2 aromatic carbocycles. The molecule has 8 nitrogen and oxygen atoms in total. The first-order chi connectivity index (χ1) is 15.9. The summed E-state index contributed by atoms with van der Waals surface area (Å²) in [4.78, 5) is 17.4. The number of carbonyl (C=O) groups is 1. The van der Waals surface area contributed by atoms with Crippen molar-refractivity contribution in [3.05, 3.63) is 76.6 Å². The normalized spacial score (nSPS) is 15.2. The third-order valence-electron chi connectivity index (χ3n) is 6.03. The van der Waals surface area contributed by atoms with Crippen molar-refractivity contribution < 1.29 is 9.53 Å². The minimum atomic E-state index is -0.0826. The fourth-order valence-electron chi connectivity index (χ4n) is 4.46. The number of benzene rings is 2. The Morgan fingerprint density at radius 1 is 1.09 bits per heavy atom. The fraction of sp³-hybridized carbons (Fsp3) is 0.240. The minimum absolute atomic E-state index is 0.0621. The van der Waals surface area contributed by atoms with Crippen LogP contribution < -0.4 is 10.1 Å². The first kappa shape index (κ1) is 20.8. The number of nitrogens with zero attached hydrogens (tertiary/aromatic N) is 5. The summed E-state index contributed by atoms with van der Waals surface area (Å²) in [5.74, 6) is 1.52. The Balaban J connectivity index is 1.60. The molecule has 0 spiro atoms. The van der Waals surface area contributed by atoms with Crippen molar-refractivity contribution in [2.45, 2.75) is 33.1 Å². The number of nitrogens with one attached hydrogen (secondary N) is 1. The van der Waals surface area contributed by atoms with Crippen molar-refractivity contribution >= 4 is 11.7 Å². The van der Waals surface area contributed by atoms with Gasteiger partial charge in [0.15, 0.2) is 0 Å². The lowest BCUT2D eigenvalue weighted by molar-refractivity contribution is -0.116. The van der Waals surface area contributed by atoms with Crippen LogP contribution in [-0.4, -0.2) is 38.0 Å². The molecule has 166 valence electrons. The molecule has 0 saturated carbocycles. The van der Waals surface area contributed by atoms with Crippen LogP contribution in [0, 0.1) is 20.8 Å². The highest BCUT2D eigenvalue weighted by Gasteiger charge is 2.34. The van der Waals surface area contributed by atoms with Crippen LogP contribution in [0.3, 0.4) is 0 Å². The largest absolute Gasteiger partial charge is 0.497 e. The van der Waals surface area contributed by atoms with E-state index in [0.29, 0.717) is 23.9 Å². The zero-order valence-electron chi connectivity index (χ0n) is 19.0. The second-order valence-electron chi connectivity index (χ2n) is 8.29. The molecule has 0 saturated heterocycles. The lowest BCUT2D eigenvalue weighted by Gasteiger charge is -2.25. The molecule has 5 rings (SSSR count). The highest BCUT2D eigenvalue weighted by atomic mass is 16.5. The van der Waals surface area contributed by atoms with Gasteiger partial charge in [0, 0.05) is 23.5 Å². The average Bonchev–Trinajstić information content (AvgIpc) is 3.15. The molecule has 1 amide bonds. The standard InChI is InChI=1S/C25H24N6O2/c1-14-5-10-19(15(2)11-14)20-12-22(32)28-24-23(20)16(3)30-31(24)25-27-21(13-26-29-25)17-6-8-18(33-4)9-7-17/h5-11,13,20H,12H2,1-4H3,(H,28,32)/t20-/m0/s1. The van der Waals surface area contributed by atoms with E-state index in [-0.39, 0.29) is 11.8 Å². The highest BCUT2D eigenvalue weighted by Crippen LogP contribution is 2.41. The molecule has 33 heavy (non-hydrogen) atoms. The number of fused-ring (bicyclic) bond motifs is 1. The van der Waals surface area contributed by atoms with Gasteiger partial charge in [-0.25, -0.2) is 4.98 Å². The second kappa shape index (κ2) is 8.12. The van der Waals surface area contributed by atoms with Crippen molar-refractivity contribution in [2.24, 2.45) is 0 Å². The van der Waals surface area contributed by atoms with Crippen LogP contribution in [0.25, 0.3) is 17.2 Å². The topological polar surface area (TPSA) is 94.8 Å². The van der Waals surface area contributed by atoms with Crippen LogP contribution in [0.2, 0.25) is 0 Å². The first-order valence-corrected chi connectivity index (χ1v) is 10.8. The Morgan fingerprint density at radius 3 is 2.61 bits per heavy atom. The van der Waals surface area contributed by atoms with Gasteiger partial charge in [-0.3, -0.25) is 4.79 Å². The third kappa shape index (κ3) is 3.73. The molecular weight excluding hydrogens is 416 g/mol. The predicted molar refractivity (Wildman–Crippen MR) is 125 cm³/mol. The number of methoxy groups -OCH3 is 1. The molecule has 0 radical (unpaired) electrons. The molecule has 0 bridgehead atoms. The van der Waals surface area contributed by atoms with Gasteiger partial charge >= 0.3 is 0 Å². The highest BCUT2D eigenvalue weighted by molar-refractivity contribution is 5.95. The van der Waals surface area contributed by atoms with E-state index in [9.17, 15) is 4.79 Å². The predicted octanol–water partition coefficient (Wildman–Crippen LogP) is 4.13. The van der Waals surface area contributed by atoms with Crippen LogP contribution in [0.1, 0.15) is 40.3 Å². The Labute approximate surface area is 191 Å². The number of hydrogen-bond acceptors (Lipinski definition) is 6. The Kier molecular flexibility index (Phi) is 5.12. The van der Waals surface area contributed by atoms with Gasteiger partial charge in [0.05, 0.1) is 24.7 Å². The maximum Gasteiger partial charge on any atom is 0.272 e. The monoisotopic (exact) mass is 440 g/mol. The van der Waals surface area contributed by atoms with E-state index in [2.05, 4.69) is 52.5 Å². The van der Waals surface area contributed by atoms with Crippen LogP contribution >= 0.6 is 0 Å². The van der Waals surface area contributed by atoms with Gasteiger partial charge in [0.1, 0.15) is 11.6 Å². The van der Waals surface area contributed by atoms with Crippen LogP contribution in [0.15, 0.2) is 48.7 Å². The van der Waals surface area contributed by atoms with Crippen molar-refractivity contribution in [3.8, 4) is 23.0 Å². The number of rotatable bonds is 4. The van der Waals surface area contributed by atoms with Crippen molar-refractivity contribution in [3.63, 3.8) is 0 Å². The Bertz CT molecular complexity index is 1360. The SMILES string of the molecule is COc1ccc(-c2cnnc(-n3nc(C)c4c3NC(=O)C[C@H]4c3ccc(C)cc3C)n2)cc1. The lowest BCUT2D eigenvalue weighted by Crippen LogP contribution is -2.25. The van der Waals surface area contributed by atoms with Gasteiger partial charge in [-0.15, -0.1) is 5.10 Å². The molecular formula is C25H24N6O2. The van der Waals surface area contributed by atoms with Crippen LogP contribution in [0.5, 0.6) is 5.75 Å². The summed E-state index contributed by atoms with van der Waals surface area (Å²) in [6.45, 7) is 6.10. The molecule has 0 unspecified atom stereocenters. The Hall–Kier alpha value is -4.07. The Morgan fingerprint density at radius 2 is 1.88 bits per heavy atom. The van der Waals surface area contributed by atoms with Crippen LogP contribution in [-0.2, 0) is 4.79 Å². The van der Waals surface area contributed by atoms with E-state index in [1.54, 1.807) is 18.0 Å². The quantitative estimate of drug-likeness (QED) is 0.513. The van der Waals surface area contributed by atoms with Gasteiger partial charge in [0.25, 0.3) is 5.95 Å². The van der Waals surface area contributed by atoms with E-state index in [0.717, 1.165) is 33.7 Å². The minimum Gasteiger partial charge on any atom is -0.497 e. The van der Waals surface area contributed by atoms with Gasteiger partial charge in [0.2, 0.25) is 5.91 Å². The van der Waals surface area contributed by atoms with Gasteiger partial charge in [-0.2, -0.15) is 14.9 Å². The number of amides is 1. The van der Waals surface area contributed by atoms with E-state index in [1.807, 2.05) is 31.2 Å². The summed E-state index contributed by atoms with van der Waals surface area (Å²) in [6, 6.07) is 13.9. The van der Waals surface area contributed by atoms with Crippen molar-refractivity contribution in [1.29, 1.82) is 0 Å². The number of ether oxygens (including phenoxy) is 1. The molecule has 1 aliphatic rings. The van der Waals surface area contributed by atoms with Gasteiger partial charge < -0.3 is 10.1 Å². The van der Waals surface area contributed by atoms with Gasteiger partial charge in [-0.1, -0.05) is 23.8 Å². The summed E-state index contributed by atoms with van der Waals surface area (Å²) in [6.07, 6.45) is 1.97. The smallest absolute Gasteiger partial charge is 0.272 e. The molecule has 1 N–H and O–H groups in total. The zero-order valence-corrected chi connectivity index (χ0v) is 19.0. The van der Waals surface area contributed by atoms with Crippen molar-refractivity contribution in [1.82, 2.24) is 25.0 Å². The lowest BCUT2D eigenvalue weighted by atomic mass is 9.83. The van der Waals surface area contributed by atoms with Crippen LogP contribution in [0.4, 0.5) is 5.82 Å². The van der Waals surface area contributed by atoms with Crippen molar-refractivity contribution in [2.75, 3.05) is 12.4 Å². The molecule has 2 aromatic heterocycles. The molecule has 1 atom stereocenters. The fourth-order valence-corrected chi connectivity index (χ4v) is 4.46. The summed E-state index contributed by atoms with van der Waals surface area (Å²) in [5, 5.41) is 16.0. The molecule has 8 heteroatoms. The molecule has 3 heterocycles. The molecule has 0 fully saturated rings. The molecule has 4 aromatic rings. The van der Waals surface area contributed by atoms with E-state index in [1.165, 1.54) is 5.56 Å². The first-order valence-electron chi connectivity index (χ1n) is 10.8.